The third kappa shape index (κ3) is 5.19. The highest BCUT2D eigenvalue weighted by molar-refractivity contribution is 7.99. The number of anilines is 1. The number of carbonyl (C=O) groups is 1. The van der Waals surface area contributed by atoms with Crippen molar-refractivity contribution in [3.63, 3.8) is 0 Å². The van der Waals surface area contributed by atoms with E-state index < -0.39 is 9.84 Å². The first kappa shape index (κ1) is 21.4. The van der Waals surface area contributed by atoms with Gasteiger partial charge in [0.1, 0.15) is 5.52 Å². The number of rotatable bonds is 6. The van der Waals surface area contributed by atoms with Crippen LogP contribution < -0.4 is 5.32 Å². The van der Waals surface area contributed by atoms with E-state index in [1.54, 1.807) is 13.0 Å². The third-order valence-corrected chi connectivity index (χ3v) is 7.00. The van der Waals surface area contributed by atoms with Crippen LogP contribution in [0.25, 0.3) is 11.1 Å². The summed E-state index contributed by atoms with van der Waals surface area (Å²) in [6.07, 6.45) is 0. The van der Waals surface area contributed by atoms with Gasteiger partial charge in [-0.25, -0.2) is 13.4 Å². The van der Waals surface area contributed by atoms with Gasteiger partial charge >= 0.3 is 0 Å². The summed E-state index contributed by atoms with van der Waals surface area (Å²) >= 11 is 1.16. The lowest BCUT2D eigenvalue weighted by molar-refractivity contribution is -0.113. The number of carbonyl (C=O) groups excluding carboxylic acids is 1. The van der Waals surface area contributed by atoms with Crippen molar-refractivity contribution < 1.29 is 17.6 Å². The van der Waals surface area contributed by atoms with Crippen LogP contribution in [0.2, 0.25) is 0 Å². The molecule has 29 heavy (non-hydrogen) atoms. The summed E-state index contributed by atoms with van der Waals surface area (Å²) in [5.41, 5.74) is 2.93. The van der Waals surface area contributed by atoms with Crippen LogP contribution in [0.15, 0.2) is 57.0 Å². The van der Waals surface area contributed by atoms with Crippen LogP contribution in [0.5, 0.6) is 0 Å². The highest BCUT2D eigenvalue weighted by Gasteiger charge is 2.16. The predicted octanol–water partition coefficient (Wildman–Crippen LogP) is 4.65. The molecular weight excluding hydrogens is 408 g/mol. The quantitative estimate of drug-likeness (QED) is 0.570. The number of amides is 1. The van der Waals surface area contributed by atoms with Crippen LogP contribution in [0, 0.1) is 0 Å². The summed E-state index contributed by atoms with van der Waals surface area (Å²) in [5, 5.41) is 3.18. The van der Waals surface area contributed by atoms with Crippen molar-refractivity contribution in [2.75, 3.05) is 16.8 Å². The van der Waals surface area contributed by atoms with E-state index in [0.29, 0.717) is 16.3 Å². The molecule has 2 aromatic carbocycles. The molecule has 0 saturated carbocycles. The number of hydrogen-bond donors (Lipinski definition) is 1. The Morgan fingerprint density at radius 3 is 2.45 bits per heavy atom. The Balaban J connectivity index is 1.63. The maximum Gasteiger partial charge on any atom is 0.257 e. The van der Waals surface area contributed by atoms with Gasteiger partial charge in [-0.3, -0.25) is 4.79 Å². The first-order chi connectivity index (χ1) is 13.6. The van der Waals surface area contributed by atoms with E-state index >= 15 is 0 Å². The van der Waals surface area contributed by atoms with Crippen molar-refractivity contribution in [2.24, 2.45) is 0 Å². The molecular formula is C21H24N2O4S2. The Hall–Kier alpha value is -2.32. The van der Waals surface area contributed by atoms with E-state index in [2.05, 4.69) is 31.1 Å². The number of nitrogens with one attached hydrogen (secondary N) is 1. The van der Waals surface area contributed by atoms with E-state index in [0.717, 1.165) is 17.4 Å². The Morgan fingerprint density at radius 2 is 1.83 bits per heavy atom. The van der Waals surface area contributed by atoms with Gasteiger partial charge in [0, 0.05) is 5.69 Å². The summed E-state index contributed by atoms with van der Waals surface area (Å²) in [7, 11) is -3.31. The average molecular weight is 433 g/mol. The topological polar surface area (TPSA) is 89.3 Å². The molecule has 0 unspecified atom stereocenters. The number of nitrogens with zero attached hydrogens (tertiary/aromatic N) is 1. The molecule has 1 aromatic heterocycles. The summed E-state index contributed by atoms with van der Waals surface area (Å²) in [6, 6.07) is 12.4. The SMILES string of the molecule is CCS(=O)(=O)c1ccc2oc(SCC(=O)Nc3ccc(C(C)(C)C)cc3)nc2c1. The zero-order valence-corrected chi connectivity index (χ0v) is 18.5. The van der Waals surface area contributed by atoms with Crippen molar-refractivity contribution >= 4 is 44.3 Å². The molecule has 0 atom stereocenters. The molecule has 154 valence electrons. The Bertz CT molecular complexity index is 1130. The summed E-state index contributed by atoms with van der Waals surface area (Å²) in [6.45, 7) is 8.01. The molecule has 0 aliphatic heterocycles. The molecule has 6 nitrogen and oxygen atoms in total. The molecule has 0 fully saturated rings. The van der Waals surface area contributed by atoms with E-state index in [1.807, 2.05) is 24.3 Å². The first-order valence-electron chi connectivity index (χ1n) is 9.25. The molecule has 1 amide bonds. The van der Waals surface area contributed by atoms with Gasteiger partial charge < -0.3 is 9.73 Å². The Labute approximate surface area is 175 Å². The van der Waals surface area contributed by atoms with Crippen molar-refractivity contribution in [3.05, 3.63) is 48.0 Å². The second kappa shape index (κ2) is 8.20. The van der Waals surface area contributed by atoms with Crippen LogP contribution in [-0.2, 0) is 20.0 Å². The van der Waals surface area contributed by atoms with Gasteiger partial charge in [0.2, 0.25) is 5.91 Å². The van der Waals surface area contributed by atoms with Crippen LogP contribution in [0.1, 0.15) is 33.3 Å². The van der Waals surface area contributed by atoms with Gasteiger partial charge in [0.15, 0.2) is 15.4 Å². The summed E-state index contributed by atoms with van der Waals surface area (Å²) in [4.78, 5) is 16.7. The molecule has 8 heteroatoms. The number of fused-ring (bicyclic) bond motifs is 1. The number of sulfone groups is 1. The molecule has 0 saturated heterocycles. The standard InChI is InChI=1S/C21H24N2O4S2/c1-5-29(25,26)16-10-11-18-17(12-16)23-20(27-18)28-13-19(24)22-15-8-6-14(7-9-15)21(2,3)4/h6-12H,5,13H2,1-4H3,(H,22,24). The average Bonchev–Trinajstić information content (AvgIpc) is 3.08. The minimum Gasteiger partial charge on any atom is -0.431 e. The maximum atomic E-state index is 12.2. The maximum absolute atomic E-state index is 12.2. The lowest BCUT2D eigenvalue weighted by Gasteiger charge is -2.19. The lowest BCUT2D eigenvalue weighted by Crippen LogP contribution is -2.15. The predicted molar refractivity (Wildman–Crippen MR) is 116 cm³/mol. The van der Waals surface area contributed by atoms with E-state index in [1.165, 1.54) is 17.7 Å². The van der Waals surface area contributed by atoms with Crippen molar-refractivity contribution in [1.82, 2.24) is 4.98 Å². The number of oxazole rings is 1. The molecule has 1 heterocycles. The van der Waals surface area contributed by atoms with E-state index in [4.69, 9.17) is 4.42 Å². The highest BCUT2D eigenvalue weighted by atomic mass is 32.2. The van der Waals surface area contributed by atoms with Gasteiger partial charge in [0.25, 0.3) is 5.22 Å². The highest BCUT2D eigenvalue weighted by Crippen LogP contribution is 2.26. The van der Waals surface area contributed by atoms with Gasteiger partial charge in [-0.15, -0.1) is 0 Å². The minimum absolute atomic E-state index is 0.0227. The zero-order chi connectivity index (χ0) is 21.2. The van der Waals surface area contributed by atoms with Gasteiger partial charge in [-0.2, -0.15) is 0 Å². The second-order valence-corrected chi connectivity index (χ2v) is 10.9. The molecule has 0 aliphatic rings. The monoisotopic (exact) mass is 432 g/mol. The molecule has 1 N–H and O–H groups in total. The molecule has 0 bridgehead atoms. The van der Waals surface area contributed by atoms with Gasteiger partial charge in [0.05, 0.1) is 16.4 Å². The molecule has 0 radical (unpaired) electrons. The van der Waals surface area contributed by atoms with Crippen LogP contribution >= 0.6 is 11.8 Å². The van der Waals surface area contributed by atoms with E-state index in [-0.39, 0.29) is 27.7 Å². The summed E-state index contributed by atoms with van der Waals surface area (Å²) < 4.78 is 29.6. The number of benzene rings is 2. The molecule has 3 rings (SSSR count). The fourth-order valence-electron chi connectivity index (χ4n) is 2.69. The van der Waals surface area contributed by atoms with Gasteiger partial charge in [-0.05, 0) is 41.3 Å². The number of aromatic nitrogens is 1. The summed E-state index contributed by atoms with van der Waals surface area (Å²) in [5.74, 6) is -0.0157. The molecule has 3 aromatic rings. The van der Waals surface area contributed by atoms with Gasteiger partial charge in [-0.1, -0.05) is 51.6 Å². The minimum atomic E-state index is -3.31. The van der Waals surface area contributed by atoms with E-state index in [9.17, 15) is 13.2 Å². The van der Waals surface area contributed by atoms with Crippen LogP contribution in [0.3, 0.4) is 0 Å². The fourth-order valence-corrected chi connectivity index (χ4v) is 4.22. The van der Waals surface area contributed by atoms with Crippen LogP contribution in [-0.4, -0.2) is 30.8 Å². The zero-order valence-electron chi connectivity index (χ0n) is 16.9. The van der Waals surface area contributed by atoms with Crippen LogP contribution in [0.4, 0.5) is 5.69 Å². The van der Waals surface area contributed by atoms with Crippen molar-refractivity contribution in [2.45, 2.75) is 43.2 Å². The third-order valence-electron chi connectivity index (χ3n) is 4.44. The lowest BCUT2D eigenvalue weighted by atomic mass is 9.87. The normalized spacial score (nSPS) is 12.3. The Morgan fingerprint density at radius 1 is 1.14 bits per heavy atom. The largest absolute Gasteiger partial charge is 0.431 e. The smallest absolute Gasteiger partial charge is 0.257 e. The molecule has 0 aliphatic carbocycles. The Kier molecular flexibility index (Phi) is 6.05. The van der Waals surface area contributed by atoms with Crippen molar-refractivity contribution in [1.29, 1.82) is 0 Å². The fraction of sp³-hybridized carbons (Fsp3) is 0.333. The number of hydrogen-bond acceptors (Lipinski definition) is 6. The van der Waals surface area contributed by atoms with Crippen molar-refractivity contribution in [3.8, 4) is 0 Å². The molecule has 0 spiro atoms. The second-order valence-electron chi connectivity index (χ2n) is 7.68. The first-order valence-corrected chi connectivity index (χ1v) is 11.9. The number of thioether (sulfide) groups is 1.